The molecule has 0 spiro atoms. The minimum Gasteiger partial charge on any atom is -0.462 e. The molecule has 0 aliphatic heterocycles. The highest BCUT2D eigenvalue weighted by Crippen LogP contribution is 2.19. The Kier molecular flexibility index (Phi) is 29.3. The lowest BCUT2D eigenvalue weighted by Crippen LogP contribution is -2.28. The summed E-state index contributed by atoms with van der Waals surface area (Å²) in [5.74, 6) is 0.0336. The minimum absolute atomic E-state index is 0.0336. The zero-order valence-electron chi connectivity index (χ0n) is 30.7. The quantitative estimate of drug-likeness (QED) is 0.0417. The molecule has 1 aromatic heterocycles. The van der Waals surface area contributed by atoms with Gasteiger partial charge >= 0.3 is 5.97 Å². The van der Waals surface area contributed by atoms with Crippen LogP contribution >= 0.6 is 0 Å². The molecular formula is C40H75N3O3. The second-order valence-corrected chi connectivity index (χ2v) is 14.0. The molecule has 0 aliphatic carbocycles. The molecule has 0 N–H and O–H groups in total. The zero-order valence-corrected chi connectivity index (χ0v) is 30.7. The van der Waals surface area contributed by atoms with Gasteiger partial charge in [0.1, 0.15) is 12.4 Å². The molecule has 0 saturated heterocycles. The van der Waals surface area contributed by atoms with Crippen LogP contribution in [0, 0.1) is 0 Å². The number of hydrogen-bond acceptors (Lipinski definition) is 5. The molecule has 1 heterocycles. The van der Waals surface area contributed by atoms with Crippen LogP contribution in [-0.2, 0) is 14.3 Å². The number of ether oxygens (including phenoxy) is 1. The van der Waals surface area contributed by atoms with E-state index >= 15 is 0 Å². The van der Waals surface area contributed by atoms with Crippen LogP contribution in [0.4, 0.5) is 0 Å². The summed E-state index contributed by atoms with van der Waals surface area (Å²) in [6, 6.07) is 0.462. The minimum atomic E-state index is 0.0336. The number of nitrogens with zero attached hydrogens (tertiary/aromatic N) is 3. The summed E-state index contributed by atoms with van der Waals surface area (Å²) >= 11 is 0. The first kappa shape index (κ1) is 42.3. The maximum Gasteiger partial charge on any atom is 0.306 e. The lowest BCUT2D eigenvalue weighted by Gasteiger charge is -2.24. The van der Waals surface area contributed by atoms with Crippen LogP contribution in [-0.4, -0.2) is 52.4 Å². The van der Waals surface area contributed by atoms with Gasteiger partial charge in [0.25, 0.3) is 0 Å². The van der Waals surface area contributed by atoms with Crippen LogP contribution < -0.4 is 0 Å². The second-order valence-electron chi connectivity index (χ2n) is 14.0. The SMILES string of the molecule is CCCCCCCCC(CCCCCCCC)OC(=O)CCCCCCCN(CCCCCCCC=O)CCC(C)n1ccnc1. The third-order valence-electron chi connectivity index (χ3n) is 9.61. The van der Waals surface area contributed by atoms with Crippen molar-refractivity contribution in [3.63, 3.8) is 0 Å². The van der Waals surface area contributed by atoms with Crippen molar-refractivity contribution in [3.8, 4) is 0 Å². The largest absolute Gasteiger partial charge is 0.462 e. The highest BCUT2D eigenvalue weighted by molar-refractivity contribution is 5.69. The van der Waals surface area contributed by atoms with Crippen LogP contribution in [0.1, 0.15) is 200 Å². The number of aldehydes is 1. The molecule has 1 rings (SSSR count). The first-order chi connectivity index (χ1) is 22.6. The standard InChI is InChI=1S/C40H75N3O3/c1-4-6-8-10-15-21-27-39(28-22-16-11-9-7-5-2)46-40(45)29-23-17-14-19-25-33-42(32-24-18-12-13-20-26-36-44)34-30-38(3)43-35-31-41-37-43/h31,35-39H,4-30,32-34H2,1-3H3. The predicted molar refractivity (Wildman–Crippen MR) is 195 cm³/mol. The summed E-state index contributed by atoms with van der Waals surface area (Å²) in [7, 11) is 0. The van der Waals surface area contributed by atoms with Gasteiger partial charge in [0.05, 0.1) is 6.33 Å². The Hall–Kier alpha value is -1.69. The maximum atomic E-state index is 12.7. The van der Waals surface area contributed by atoms with Gasteiger partial charge in [-0.2, -0.15) is 0 Å². The van der Waals surface area contributed by atoms with E-state index < -0.39 is 0 Å². The van der Waals surface area contributed by atoms with Crippen molar-refractivity contribution < 1.29 is 14.3 Å². The molecule has 0 saturated carbocycles. The fourth-order valence-corrected chi connectivity index (χ4v) is 6.42. The molecule has 1 aromatic rings. The van der Waals surface area contributed by atoms with Crippen molar-refractivity contribution in [1.29, 1.82) is 0 Å². The fraction of sp³-hybridized carbons (Fsp3) is 0.875. The van der Waals surface area contributed by atoms with Crippen molar-refractivity contribution in [2.45, 2.75) is 206 Å². The van der Waals surface area contributed by atoms with Gasteiger partial charge < -0.3 is 19.0 Å². The van der Waals surface area contributed by atoms with E-state index in [0.29, 0.717) is 18.9 Å². The van der Waals surface area contributed by atoms with Gasteiger partial charge in [-0.3, -0.25) is 4.79 Å². The average molecular weight is 646 g/mol. The second kappa shape index (κ2) is 31.9. The normalized spacial score (nSPS) is 12.3. The summed E-state index contributed by atoms with van der Waals surface area (Å²) in [5.41, 5.74) is 0. The van der Waals surface area contributed by atoms with E-state index in [9.17, 15) is 9.59 Å². The zero-order chi connectivity index (χ0) is 33.3. The fourth-order valence-electron chi connectivity index (χ4n) is 6.42. The van der Waals surface area contributed by atoms with Crippen LogP contribution in [0.2, 0.25) is 0 Å². The van der Waals surface area contributed by atoms with E-state index in [1.54, 1.807) is 0 Å². The predicted octanol–water partition coefficient (Wildman–Crippen LogP) is 11.4. The summed E-state index contributed by atoms with van der Waals surface area (Å²) in [6.07, 6.45) is 38.7. The number of imidazole rings is 1. The topological polar surface area (TPSA) is 64.4 Å². The number of rotatable bonds is 35. The smallest absolute Gasteiger partial charge is 0.306 e. The van der Waals surface area contributed by atoms with Gasteiger partial charge in [-0.15, -0.1) is 0 Å². The summed E-state index contributed by atoms with van der Waals surface area (Å²) < 4.78 is 8.26. The maximum absolute atomic E-state index is 12.7. The van der Waals surface area contributed by atoms with Gasteiger partial charge in [0, 0.05) is 37.8 Å². The monoisotopic (exact) mass is 646 g/mol. The molecule has 0 bridgehead atoms. The molecule has 6 nitrogen and oxygen atoms in total. The summed E-state index contributed by atoms with van der Waals surface area (Å²) in [6.45, 7) is 10.3. The molecule has 46 heavy (non-hydrogen) atoms. The number of esters is 1. The van der Waals surface area contributed by atoms with Crippen LogP contribution in [0.3, 0.4) is 0 Å². The first-order valence-electron chi connectivity index (χ1n) is 19.9. The van der Waals surface area contributed by atoms with E-state index in [2.05, 4.69) is 41.4 Å². The molecule has 1 unspecified atom stereocenters. The lowest BCUT2D eigenvalue weighted by molar-refractivity contribution is -0.150. The van der Waals surface area contributed by atoms with Gasteiger partial charge in [0.15, 0.2) is 0 Å². The summed E-state index contributed by atoms with van der Waals surface area (Å²) in [4.78, 5) is 30.2. The Balaban J connectivity index is 2.30. The number of carbonyl (C=O) groups excluding carboxylic acids is 2. The average Bonchev–Trinajstić information content (AvgIpc) is 3.60. The number of hydrogen-bond donors (Lipinski definition) is 0. The van der Waals surface area contributed by atoms with E-state index in [1.165, 1.54) is 122 Å². The van der Waals surface area contributed by atoms with E-state index in [4.69, 9.17) is 4.74 Å². The van der Waals surface area contributed by atoms with E-state index in [1.807, 2.05) is 12.5 Å². The van der Waals surface area contributed by atoms with Crippen molar-refractivity contribution in [2.24, 2.45) is 0 Å². The third-order valence-corrected chi connectivity index (χ3v) is 9.61. The van der Waals surface area contributed by atoms with Gasteiger partial charge in [0.2, 0.25) is 0 Å². The molecule has 1 atom stereocenters. The van der Waals surface area contributed by atoms with Crippen molar-refractivity contribution in [2.75, 3.05) is 19.6 Å². The lowest BCUT2D eigenvalue weighted by atomic mass is 10.0. The van der Waals surface area contributed by atoms with Crippen molar-refractivity contribution in [1.82, 2.24) is 14.5 Å². The molecule has 6 heteroatoms. The Morgan fingerprint density at radius 3 is 1.76 bits per heavy atom. The summed E-state index contributed by atoms with van der Waals surface area (Å²) in [5, 5.41) is 0. The highest BCUT2D eigenvalue weighted by atomic mass is 16.5. The number of carbonyl (C=O) groups is 2. The molecule has 0 amide bonds. The van der Waals surface area contributed by atoms with Crippen molar-refractivity contribution in [3.05, 3.63) is 18.7 Å². The van der Waals surface area contributed by atoms with Crippen LogP contribution in [0.25, 0.3) is 0 Å². The molecule has 268 valence electrons. The molecule has 0 aliphatic rings. The Bertz CT molecular complexity index is 769. The van der Waals surface area contributed by atoms with E-state index in [-0.39, 0.29) is 12.1 Å². The van der Waals surface area contributed by atoms with Crippen LogP contribution in [0.15, 0.2) is 18.7 Å². The molecule has 0 radical (unpaired) electrons. The highest BCUT2D eigenvalue weighted by Gasteiger charge is 2.14. The van der Waals surface area contributed by atoms with Crippen LogP contribution in [0.5, 0.6) is 0 Å². The number of aromatic nitrogens is 2. The van der Waals surface area contributed by atoms with E-state index in [0.717, 1.165) is 64.4 Å². The third kappa shape index (κ3) is 25.4. The van der Waals surface area contributed by atoms with Gasteiger partial charge in [-0.05, 0) is 77.8 Å². The Morgan fingerprint density at radius 1 is 0.696 bits per heavy atom. The van der Waals surface area contributed by atoms with Gasteiger partial charge in [-0.1, -0.05) is 117 Å². The Labute approximate surface area is 285 Å². The molecule has 0 fully saturated rings. The molecule has 0 aromatic carbocycles. The number of unbranched alkanes of at least 4 members (excludes halogenated alkanes) is 19. The van der Waals surface area contributed by atoms with Crippen molar-refractivity contribution >= 4 is 12.3 Å². The molecular weight excluding hydrogens is 570 g/mol. The first-order valence-corrected chi connectivity index (χ1v) is 19.9. The Morgan fingerprint density at radius 2 is 1.22 bits per heavy atom. The van der Waals surface area contributed by atoms with Gasteiger partial charge in [-0.25, -0.2) is 4.98 Å².